The second-order valence-electron chi connectivity index (χ2n) is 5.49. The van der Waals surface area contributed by atoms with Gasteiger partial charge in [-0.2, -0.15) is 0 Å². The fourth-order valence-corrected chi connectivity index (χ4v) is 4.38. The van der Waals surface area contributed by atoms with Crippen LogP contribution in [-0.2, 0) is 10.0 Å². The van der Waals surface area contributed by atoms with Crippen LogP contribution < -0.4 is 4.72 Å². The van der Waals surface area contributed by atoms with Crippen LogP contribution in [0.2, 0.25) is 0 Å². The van der Waals surface area contributed by atoms with Crippen molar-refractivity contribution < 1.29 is 18.3 Å². The Morgan fingerprint density at radius 2 is 1.92 bits per heavy atom. The van der Waals surface area contributed by atoms with Gasteiger partial charge in [-0.1, -0.05) is 18.2 Å². The average Bonchev–Trinajstić information content (AvgIpc) is 3.08. The summed E-state index contributed by atoms with van der Waals surface area (Å²) in [5, 5.41) is 11.2. The molecule has 0 radical (unpaired) electrons. The lowest BCUT2D eigenvalue weighted by Crippen LogP contribution is -2.26. The SMILES string of the molecule is CC(=O)c1ccc(S(=O)(=O)NCC[C@@H](CCO)c2cccs2)cc1. The third-order valence-corrected chi connectivity index (χ3v) is 6.29. The number of thiophene rings is 1. The lowest BCUT2D eigenvalue weighted by Gasteiger charge is -2.14. The van der Waals surface area contributed by atoms with E-state index in [1.807, 2.05) is 17.5 Å². The number of hydrogen-bond donors (Lipinski definition) is 2. The van der Waals surface area contributed by atoms with Gasteiger partial charge in [-0.15, -0.1) is 11.3 Å². The second kappa shape index (κ2) is 8.53. The monoisotopic (exact) mass is 367 g/mol. The van der Waals surface area contributed by atoms with Crippen LogP contribution in [0, 0.1) is 0 Å². The molecule has 130 valence electrons. The maximum atomic E-state index is 12.3. The van der Waals surface area contributed by atoms with Crippen molar-refractivity contribution in [2.24, 2.45) is 0 Å². The standard InChI is InChI=1S/C17H21NO4S2/c1-13(20)14-4-6-16(7-5-14)24(21,22)18-10-8-15(9-11-19)17-3-2-12-23-17/h2-7,12,15,18-19H,8-11H2,1H3/t15-/m0/s1. The summed E-state index contributed by atoms with van der Waals surface area (Å²) in [7, 11) is -3.60. The second-order valence-corrected chi connectivity index (χ2v) is 8.24. The summed E-state index contributed by atoms with van der Waals surface area (Å²) in [6.45, 7) is 1.80. The topological polar surface area (TPSA) is 83.5 Å². The minimum Gasteiger partial charge on any atom is -0.396 e. The highest BCUT2D eigenvalue weighted by Gasteiger charge is 2.17. The van der Waals surface area contributed by atoms with Gasteiger partial charge >= 0.3 is 0 Å². The molecule has 1 aromatic carbocycles. The number of carbonyl (C=O) groups excluding carboxylic acids is 1. The van der Waals surface area contributed by atoms with Crippen LogP contribution in [0.3, 0.4) is 0 Å². The van der Waals surface area contributed by atoms with E-state index in [-0.39, 0.29) is 23.2 Å². The van der Waals surface area contributed by atoms with Crippen LogP contribution in [0.1, 0.15) is 40.9 Å². The van der Waals surface area contributed by atoms with E-state index in [4.69, 9.17) is 0 Å². The molecule has 2 rings (SSSR count). The van der Waals surface area contributed by atoms with Crippen LogP contribution in [-0.4, -0.2) is 32.5 Å². The van der Waals surface area contributed by atoms with E-state index in [1.165, 1.54) is 31.2 Å². The molecule has 0 aliphatic rings. The normalized spacial score (nSPS) is 12.9. The Hall–Kier alpha value is -1.54. The van der Waals surface area contributed by atoms with Gasteiger partial charge in [-0.05, 0) is 49.3 Å². The zero-order valence-corrected chi connectivity index (χ0v) is 15.1. The molecule has 0 saturated heterocycles. The van der Waals surface area contributed by atoms with Gasteiger partial charge in [-0.25, -0.2) is 13.1 Å². The van der Waals surface area contributed by atoms with Gasteiger partial charge in [-0.3, -0.25) is 4.79 Å². The minimum absolute atomic E-state index is 0.0713. The lowest BCUT2D eigenvalue weighted by atomic mass is 10.0. The summed E-state index contributed by atoms with van der Waals surface area (Å²) in [5.41, 5.74) is 0.481. The molecule has 0 amide bonds. The number of ketones is 1. The highest BCUT2D eigenvalue weighted by atomic mass is 32.2. The zero-order valence-electron chi connectivity index (χ0n) is 13.4. The fraction of sp³-hybridized carbons (Fsp3) is 0.353. The zero-order chi connectivity index (χ0) is 17.6. The Balaban J connectivity index is 1.97. The Morgan fingerprint density at radius 3 is 2.46 bits per heavy atom. The van der Waals surface area contributed by atoms with Gasteiger partial charge in [0, 0.05) is 23.6 Å². The third-order valence-electron chi connectivity index (χ3n) is 3.78. The van der Waals surface area contributed by atoms with E-state index in [0.29, 0.717) is 24.9 Å². The predicted molar refractivity (Wildman–Crippen MR) is 95.0 cm³/mol. The number of nitrogens with one attached hydrogen (secondary N) is 1. The summed E-state index contributed by atoms with van der Waals surface area (Å²) in [6.07, 6.45) is 1.22. The van der Waals surface area contributed by atoms with Gasteiger partial charge in [0.25, 0.3) is 0 Å². The smallest absolute Gasteiger partial charge is 0.240 e. The van der Waals surface area contributed by atoms with E-state index >= 15 is 0 Å². The first-order valence-electron chi connectivity index (χ1n) is 7.69. The van der Waals surface area contributed by atoms with Crippen LogP contribution in [0.4, 0.5) is 0 Å². The number of aliphatic hydroxyl groups excluding tert-OH is 1. The largest absolute Gasteiger partial charge is 0.396 e. The summed E-state index contributed by atoms with van der Waals surface area (Å²) in [6, 6.07) is 9.84. The molecule has 0 aliphatic carbocycles. The molecule has 0 unspecified atom stereocenters. The lowest BCUT2D eigenvalue weighted by molar-refractivity contribution is 0.101. The van der Waals surface area contributed by atoms with E-state index in [0.717, 1.165) is 4.88 Å². The number of Topliss-reactive ketones (excluding diaryl/α,β-unsaturated/α-hetero) is 1. The summed E-state index contributed by atoms with van der Waals surface area (Å²) in [4.78, 5) is 12.5. The molecule has 1 atom stereocenters. The van der Waals surface area contributed by atoms with E-state index in [9.17, 15) is 18.3 Å². The number of benzene rings is 1. The maximum absolute atomic E-state index is 12.3. The molecule has 1 heterocycles. The molecule has 2 N–H and O–H groups in total. The fourth-order valence-electron chi connectivity index (χ4n) is 2.43. The number of aliphatic hydroxyl groups is 1. The molecular weight excluding hydrogens is 346 g/mol. The summed E-state index contributed by atoms with van der Waals surface area (Å²) in [5.74, 6) is 0.0347. The molecule has 0 aliphatic heterocycles. The first-order chi connectivity index (χ1) is 11.4. The Bertz CT molecular complexity index is 752. The Kier molecular flexibility index (Phi) is 6.68. The van der Waals surface area contributed by atoms with Gasteiger partial charge in [0.15, 0.2) is 5.78 Å². The number of carbonyl (C=O) groups is 1. The van der Waals surface area contributed by atoms with Crippen molar-refractivity contribution in [3.05, 3.63) is 52.2 Å². The molecule has 0 saturated carbocycles. The van der Waals surface area contributed by atoms with Crippen LogP contribution >= 0.6 is 11.3 Å². The number of sulfonamides is 1. The molecular formula is C17H21NO4S2. The van der Waals surface area contributed by atoms with E-state index < -0.39 is 10.0 Å². The highest BCUT2D eigenvalue weighted by Crippen LogP contribution is 2.27. The van der Waals surface area contributed by atoms with Gasteiger partial charge in [0.1, 0.15) is 0 Å². The summed E-state index contributed by atoms with van der Waals surface area (Å²) >= 11 is 1.61. The number of rotatable bonds is 9. The van der Waals surface area contributed by atoms with Gasteiger partial charge in [0.2, 0.25) is 10.0 Å². The van der Waals surface area contributed by atoms with Crippen molar-refractivity contribution in [1.29, 1.82) is 0 Å². The Labute approximate surface area is 146 Å². The van der Waals surface area contributed by atoms with Crippen molar-refractivity contribution in [1.82, 2.24) is 4.72 Å². The molecule has 7 heteroatoms. The van der Waals surface area contributed by atoms with Crippen molar-refractivity contribution in [3.63, 3.8) is 0 Å². The average molecular weight is 367 g/mol. The first-order valence-corrected chi connectivity index (χ1v) is 10.1. The van der Waals surface area contributed by atoms with E-state index in [2.05, 4.69) is 4.72 Å². The summed E-state index contributed by atoms with van der Waals surface area (Å²) < 4.78 is 27.2. The molecule has 0 bridgehead atoms. The van der Waals surface area contributed by atoms with E-state index in [1.54, 1.807) is 11.3 Å². The van der Waals surface area contributed by atoms with Crippen molar-refractivity contribution in [3.8, 4) is 0 Å². The molecule has 0 spiro atoms. The minimum atomic E-state index is -3.60. The van der Waals surface area contributed by atoms with Crippen LogP contribution in [0.15, 0.2) is 46.7 Å². The van der Waals surface area contributed by atoms with Gasteiger partial charge < -0.3 is 5.11 Å². The molecule has 24 heavy (non-hydrogen) atoms. The maximum Gasteiger partial charge on any atom is 0.240 e. The van der Waals surface area contributed by atoms with Crippen molar-refractivity contribution in [2.45, 2.75) is 30.6 Å². The Morgan fingerprint density at radius 1 is 1.21 bits per heavy atom. The van der Waals surface area contributed by atoms with Crippen molar-refractivity contribution >= 4 is 27.1 Å². The third kappa shape index (κ3) is 4.98. The quantitative estimate of drug-likeness (QED) is 0.668. The molecule has 5 nitrogen and oxygen atoms in total. The number of hydrogen-bond acceptors (Lipinski definition) is 5. The highest BCUT2D eigenvalue weighted by molar-refractivity contribution is 7.89. The van der Waals surface area contributed by atoms with Crippen molar-refractivity contribution in [2.75, 3.05) is 13.2 Å². The molecule has 2 aromatic rings. The molecule has 0 fully saturated rings. The first kappa shape index (κ1) is 18.8. The van der Waals surface area contributed by atoms with Gasteiger partial charge in [0.05, 0.1) is 4.90 Å². The van der Waals surface area contributed by atoms with Crippen LogP contribution in [0.25, 0.3) is 0 Å². The van der Waals surface area contributed by atoms with Crippen LogP contribution in [0.5, 0.6) is 0 Å². The predicted octanol–water partition coefficient (Wildman–Crippen LogP) is 2.79. The molecule has 1 aromatic heterocycles.